The van der Waals surface area contributed by atoms with Gasteiger partial charge in [-0.1, -0.05) is 18.2 Å². The fraction of sp³-hybridized carbons (Fsp3) is 0.409. The summed E-state index contributed by atoms with van der Waals surface area (Å²) in [5.74, 6) is 2.56. The molecular weight excluding hydrogens is 368 g/mol. The highest BCUT2D eigenvalue weighted by molar-refractivity contribution is 5.76. The second-order valence-corrected chi connectivity index (χ2v) is 7.55. The van der Waals surface area contributed by atoms with E-state index in [0.717, 1.165) is 42.0 Å². The van der Waals surface area contributed by atoms with Gasteiger partial charge in [-0.15, -0.1) is 0 Å². The van der Waals surface area contributed by atoms with Gasteiger partial charge < -0.3 is 14.1 Å². The molecule has 3 aromatic rings. The summed E-state index contributed by atoms with van der Waals surface area (Å²) < 4.78 is 13.2. The van der Waals surface area contributed by atoms with Crippen LogP contribution in [0.4, 0.5) is 0 Å². The third-order valence-electron chi connectivity index (χ3n) is 5.31. The molecule has 152 valence electrons. The van der Waals surface area contributed by atoms with Crippen molar-refractivity contribution in [2.45, 2.75) is 38.6 Å². The number of carbonyl (C=O) groups is 1. The first-order valence-corrected chi connectivity index (χ1v) is 9.95. The number of para-hydroxylation sites is 1. The van der Waals surface area contributed by atoms with Crippen molar-refractivity contribution in [1.29, 1.82) is 0 Å². The lowest BCUT2D eigenvalue weighted by Crippen LogP contribution is -2.41. The molecular formula is C22H26N4O3. The van der Waals surface area contributed by atoms with E-state index in [0.29, 0.717) is 18.9 Å². The number of piperidine rings is 1. The van der Waals surface area contributed by atoms with Crippen molar-refractivity contribution in [2.75, 3.05) is 20.2 Å². The van der Waals surface area contributed by atoms with E-state index in [1.165, 1.54) is 0 Å². The number of ether oxygens (including phenoxy) is 1. The first kappa shape index (κ1) is 19.2. The summed E-state index contributed by atoms with van der Waals surface area (Å²) in [6.45, 7) is 3.64. The molecule has 3 heterocycles. The van der Waals surface area contributed by atoms with E-state index in [-0.39, 0.29) is 18.4 Å². The van der Waals surface area contributed by atoms with Crippen molar-refractivity contribution in [2.24, 2.45) is 0 Å². The van der Waals surface area contributed by atoms with Gasteiger partial charge in [-0.25, -0.2) is 4.98 Å². The van der Waals surface area contributed by atoms with Crippen LogP contribution in [0.1, 0.15) is 41.5 Å². The molecule has 1 atom stereocenters. The van der Waals surface area contributed by atoms with Crippen LogP contribution >= 0.6 is 0 Å². The number of nitrogens with zero attached hydrogens (tertiary/aromatic N) is 4. The van der Waals surface area contributed by atoms with Crippen molar-refractivity contribution in [3.8, 4) is 5.75 Å². The standard InChI is InChI=1S/C22H26N4O3/c1-16-11-24-26(13-16)15-21(27)25-9-5-7-18(14-25)22-23-12-19(29-22)10-17-6-3-4-8-20(17)28-2/h3-4,6,8,11-13,18H,5,7,9-10,14-15H2,1-2H3/t18-/m1/s1. The minimum absolute atomic E-state index is 0.0820. The number of carbonyl (C=O) groups excluding carboxylic acids is 1. The maximum Gasteiger partial charge on any atom is 0.244 e. The van der Waals surface area contributed by atoms with Crippen LogP contribution in [0.5, 0.6) is 5.75 Å². The Bertz CT molecular complexity index is 978. The quantitative estimate of drug-likeness (QED) is 0.642. The van der Waals surface area contributed by atoms with Gasteiger partial charge in [0.2, 0.25) is 5.91 Å². The Morgan fingerprint density at radius 3 is 2.97 bits per heavy atom. The van der Waals surface area contributed by atoms with E-state index in [4.69, 9.17) is 9.15 Å². The van der Waals surface area contributed by atoms with Crippen molar-refractivity contribution < 1.29 is 13.9 Å². The lowest BCUT2D eigenvalue weighted by atomic mass is 9.98. The molecule has 1 aliphatic heterocycles. The first-order chi connectivity index (χ1) is 14.1. The summed E-state index contributed by atoms with van der Waals surface area (Å²) in [5, 5.41) is 4.21. The first-order valence-electron chi connectivity index (χ1n) is 9.95. The summed E-state index contributed by atoms with van der Waals surface area (Å²) in [6.07, 6.45) is 7.98. The van der Waals surface area contributed by atoms with Crippen molar-refractivity contribution in [1.82, 2.24) is 19.7 Å². The van der Waals surface area contributed by atoms with Crippen LogP contribution in [0.15, 0.2) is 47.3 Å². The van der Waals surface area contributed by atoms with Gasteiger partial charge >= 0.3 is 0 Å². The Kier molecular flexibility index (Phi) is 5.64. The maximum absolute atomic E-state index is 12.7. The van der Waals surface area contributed by atoms with Gasteiger partial charge in [0, 0.05) is 31.3 Å². The monoisotopic (exact) mass is 394 g/mol. The molecule has 0 saturated carbocycles. The van der Waals surface area contributed by atoms with E-state index in [2.05, 4.69) is 10.1 Å². The molecule has 1 amide bonds. The number of amides is 1. The highest BCUT2D eigenvalue weighted by Crippen LogP contribution is 2.28. The highest BCUT2D eigenvalue weighted by atomic mass is 16.5. The molecule has 0 bridgehead atoms. The Balaban J connectivity index is 1.40. The molecule has 7 nitrogen and oxygen atoms in total. The number of aryl methyl sites for hydroxylation is 1. The molecule has 2 aromatic heterocycles. The van der Waals surface area contributed by atoms with E-state index in [9.17, 15) is 4.79 Å². The lowest BCUT2D eigenvalue weighted by Gasteiger charge is -2.31. The number of hydrogen-bond acceptors (Lipinski definition) is 5. The fourth-order valence-corrected chi connectivity index (χ4v) is 3.83. The van der Waals surface area contributed by atoms with E-state index in [1.807, 2.05) is 42.3 Å². The molecule has 7 heteroatoms. The minimum atomic E-state index is 0.0820. The molecule has 1 fully saturated rings. The third kappa shape index (κ3) is 4.50. The number of oxazole rings is 1. The Hall–Kier alpha value is -3.09. The number of aromatic nitrogens is 3. The predicted octanol–water partition coefficient (Wildman–Crippen LogP) is 3.19. The topological polar surface area (TPSA) is 73.4 Å². The molecule has 1 aliphatic rings. The molecule has 0 radical (unpaired) electrons. The molecule has 0 spiro atoms. The maximum atomic E-state index is 12.7. The lowest BCUT2D eigenvalue weighted by molar-refractivity contribution is -0.133. The zero-order valence-electron chi connectivity index (χ0n) is 16.9. The number of rotatable bonds is 6. The van der Waals surface area contributed by atoms with Crippen LogP contribution in [0.3, 0.4) is 0 Å². The number of hydrogen-bond donors (Lipinski definition) is 0. The molecule has 0 N–H and O–H groups in total. The van der Waals surface area contributed by atoms with Gasteiger partial charge in [0.15, 0.2) is 5.89 Å². The largest absolute Gasteiger partial charge is 0.496 e. The van der Waals surface area contributed by atoms with Crippen LogP contribution in [0.2, 0.25) is 0 Å². The van der Waals surface area contributed by atoms with Gasteiger partial charge in [0.25, 0.3) is 0 Å². The van der Waals surface area contributed by atoms with Gasteiger partial charge in [-0.2, -0.15) is 5.10 Å². The zero-order valence-corrected chi connectivity index (χ0v) is 16.9. The minimum Gasteiger partial charge on any atom is -0.496 e. The smallest absolute Gasteiger partial charge is 0.244 e. The SMILES string of the molecule is COc1ccccc1Cc1cnc([C@@H]2CCCN(C(=O)Cn3cc(C)cn3)C2)o1. The zero-order chi connectivity index (χ0) is 20.2. The van der Waals surface area contributed by atoms with Gasteiger partial charge in [-0.05, 0) is 31.4 Å². The van der Waals surface area contributed by atoms with Crippen LogP contribution in [0, 0.1) is 6.92 Å². The highest BCUT2D eigenvalue weighted by Gasteiger charge is 2.28. The van der Waals surface area contributed by atoms with Gasteiger partial charge in [0.05, 0.1) is 25.4 Å². The normalized spacial score (nSPS) is 16.8. The second kappa shape index (κ2) is 8.51. The summed E-state index contributed by atoms with van der Waals surface area (Å²) in [6, 6.07) is 7.91. The van der Waals surface area contributed by atoms with Crippen molar-refractivity contribution >= 4 is 5.91 Å². The molecule has 4 rings (SSSR count). The molecule has 0 unspecified atom stereocenters. The summed E-state index contributed by atoms with van der Waals surface area (Å²) in [7, 11) is 1.67. The van der Waals surface area contributed by atoms with Crippen LogP contribution < -0.4 is 4.74 Å². The van der Waals surface area contributed by atoms with Gasteiger partial charge in [-0.3, -0.25) is 9.48 Å². The number of methoxy groups -OCH3 is 1. The molecule has 1 aromatic carbocycles. The summed E-state index contributed by atoms with van der Waals surface area (Å²) >= 11 is 0. The van der Waals surface area contributed by atoms with Crippen LogP contribution in [-0.2, 0) is 17.8 Å². The van der Waals surface area contributed by atoms with Crippen LogP contribution in [0.25, 0.3) is 0 Å². The third-order valence-corrected chi connectivity index (χ3v) is 5.31. The van der Waals surface area contributed by atoms with E-state index >= 15 is 0 Å². The molecule has 1 saturated heterocycles. The Morgan fingerprint density at radius 1 is 1.31 bits per heavy atom. The fourth-order valence-electron chi connectivity index (χ4n) is 3.83. The second-order valence-electron chi connectivity index (χ2n) is 7.55. The summed E-state index contributed by atoms with van der Waals surface area (Å²) in [4.78, 5) is 19.1. The predicted molar refractivity (Wildman–Crippen MR) is 108 cm³/mol. The van der Waals surface area contributed by atoms with E-state index in [1.54, 1.807) is 24.2 Å². The number of likely N-dealkylation sites (tertiary alicyclic amines) is 1. The van der Waals surface area contributed by atoms with Crippen LogP contribution in [-0.4, -0.2) is 45.8 Å². The summed E-state index contributed by atoms with van der Waals surface area (Å²) in [5.41, 5.74) is 2.12. The Labute approximate surface area is 170 Å². The van der Waals surface area contributed by atoms with Crippen molar-refractivity contribution in [3.05, 3.63) is 65.6 Å². The Morgan fingerprint density at radius 2 is 2.17 bits per heavy atom. The average molecular weight is 394 g/mol. The van der Waals surface area contributed by atoms with Crippen molar-refractivity contribution in [3.63, 3.8) is 0 Å². The molecule has 29 heavy (non-hydrogen) atoms. The molecule has 0 aliphatic carbocycles. The van der Waals surface area contributed by atoms with Gasteiger partial charge in [0.1, 0.15) is 18.1 Å². The number of benzene rings is 1. The average Bonchev–Trinajstić information content (AvgIpc) is 3.37. The van der Waals surface area contributed by atoms with E-state index < -0.39 is 0 Å².